The third-order valence-corrected chi connectivity index (χ3v) is 8.62. The second-order valence-corrected chi connectivity index (χ2v) is 12.5. The molecule has 0 atom stereocenters. The van der Waals surface area contributed by atoms with Crippen LogP contribution in [0, 0.1) is 0 Å². The van der Waals surface area contributed by atoms with E-state index in [0.29, 0.717) is 12.0 Å². The lowest BCUT2D eigenvalue weighted by Gasteiger charge is -2.23. The molecule has 0 unspecified atom stereocenters. The largest absolute Gasteiger partial charge is 0.493 e. The molecule has 39 heavy (non-hydrogen) atoms. The van der Waals surface area contributed by atoms with Gasteiger partial charge in [-0.05, 0) is 50.2 Å². The minimum Gasteiger partial charge on any atom is -0.493 e. The number of carbonyl (C=O) groups excluding carboxylic acids is 1. The predicted octanol–water partition coefficient (Wildman–Crippen LogP) is 4.06. The summed E-state index contributed by atoms with van der Waals surface area (Å²) >= 11 is 0. The lowest BCUT2D eigenvalue weighted by molar-refractivity contribution is 0.00548. The van der Waals surface area contributed by atoms with E-state index in [4.69, 9.17) is 19.0 Å². The van der Waals surface area contributed by atoms with Gasteiger partial charge in [-0.3, -0.25) is 4.79 Å². The van der Waals surface area contributed by atoms with E-state index in [2.05, 4.69) is 0 Å². The molecule has 0 aliphatic rings. The molecule has 4 aromatic rings. The van der Waals surface area contributed by atoms with Crippen LogP contribution >= 0.6 is 0 Å². The van der Waals surface area contributed by atoms with Gasteiger partial charge < -0.3 is 13.9 Å². The Morgan fingerprint density at radius 2 is 1.62 bits per heavy atom. The summed E-state index contributed by atoms with van der Waals surface area (Å²) in [4.78, 5) is 12.2. The van der Waals surface area contributed by atoms with Gasteiger partial charge in [-0.15, -0.1) is 0 Å². The van der Waals surface area contributed by atoms with E-state index in [-0.39, 0.29) is 29.2 Å². The van der Waals surface area contributed by atoms with Crippen molar-refractivity contribution in [2.75, 3.05) is 13.7 Å². The molecule has 0 saturated carbocycles. The molecule has 1 aromatic heterocycles. The van der Waals surface area contributed by atoms with Gasteiger partial charge in [0.05, 0.1) is 23.3 Å². The van der Waals surface area contributed by atoms with Crippen LogP contribution < -0.4 is 14.6 Å². The molecular weight excluding hydrogens is 544 g/mol. The van der Waals surface area contributed by atoms with Gasteiger partial charge in [0.25, 0.3) is 15.9 Å². The number of amides is 1. The van der Waals surface area contributed by atoms with Gasteiger partial charge in [0.2, 0.25) is 10.0 Å². The van der Waals surface area contributed by atoms with Crippen LogP contribution in [0.1, 0.15) is 30.6 Å². The number of para-hydroxylation sites is 1. The molecule has 206 valence electrons. The van der Waals surface area contributed by atoms with Crippen molar-refractivity contribution >= 4 is 36.9 Å². The Labute approximate surface area is 226 Å². The number of fused-ring (bicyclic) bond motifs is 1. The zero-order valence-electron chi connectivity index (χ0n) is 21.5. The topological polar surface area (TPSA) is 155 Å². The lowest BCUT2D eigenvalue weighted by atomic mass is 10.0. The van der Waals surface area contributed by atoms with E-state index in [1.54, 1.807) is 37.4 Å². The van der Waals surface area contributed by atoms with Crippen molar-refractivity contribution in [3.8, 4) is 17.1 Å². The van der Waals surface area contributed by atoms with E-state index < -0.39 is 41.3 Å². The number of benzene rings is 3. The van der Waals surface area contributed by atoms with Gasteiger partial charge in [-0.1, -0.05) is 36.4 Å². The number of sulfonamides is 2. The van der Waals surface area contributed by atoms with E-state index in [0.717, 1.165) is 17.5 Å². The van der Waals surface area contributed by atoms with Crippen LogP contribution in [0.5, 0.6) is 5.75 Å². The molecule has 0 bridgehead atoms. The molecular formula is C27H28N2O8S2. The SMILES string of the molecule is COC(C)(C)CCOc1cccc(C(=O)NS(=O)(=O)c2ccccc2S(N)(=O)=O)c1-c1cc2ccccc2o1. The molecule has 3 aromatic carbocycles. The van der Waals surface area contributed by atoms with Crippen molar-refractivity contribution < 1.29 is 35.5 Å². The highest BCUT2D eigenvalue weighted by Gasteiger charge is 2.29. The summed E-state index contributed by atoms with van der Waals surface area (Å²) < 4.78 is 69.7. The quantitative estimate of drug-likeness (QED) is 0.288. The number of nitrogens with two attached hydrogens (primary N) is 1. The fourth-order valence-electron chi connectivity index (χ4n) is 3.85. The van der Waals surface area contributed by atoms with Crippen molar-refractivity contribution in [3.05, 3.63) is 78.4 Å². The molecule has 0 aliphatic heterocycles. The number of ether oxygens (including phenoxy) is 2. The Morgan fingerprint density at radius 1 is 0.949 bits per heavy atom. The first-order valence-corrected chi connectivity index (χ1v) is 14.8. The molecule has 0 saturated heterocycles. The van der Waals surface area contributed by atoms with Crippen LogP contribution in [0.3, 0.4) is 0 Å². The molecule has 10 nitrogen and oxygen atoms in total. The molecule has 4 rings (SSSR count). The lowest BCUT2D eigenvalue weighted by Crippen LogP contribution is -2.32. The number of nitrogens with one attached hydrogen (secondary N) is 1. The fourth-order valence-corrected chi connectivity index (χ4v) is 6.20. The van der Waals surface area contributed by atoms with Gasteiger partial charge in [0.1, 0.15) is 26.9 Å². The van der Waals surface area contributed by atoms with Crippen molar-refractivity contribution in [2.45, 2.75) is 35.7 Å². The predicted molar refractivity (Wildman–Crippen MR) is 145 cm³/mol. The van der Waals surface area contributed by atoms with E-state index in [1.165, 1.54) is 18.2 Å². The monoisotopic (exact) mass is 572 g/mol. The minimum absolute atomic E-state index is 0.0609. The third-order valence-electron chi connectivity index (χ3n) is 6.13. The average Bonchev–Trinajstić information content (AvgIpc) is 3.31. The molecule has 0 spiro atoms. The Bertz CT molecular complexity index is 1710. The number of primary sulfonamides is 1. The zero-order chi connectivity index (χ0) is 28.4. The second kappa shape index (κ2) is 10.8. The van der Waals surface area contributed by atoms with Crippen LogP contribution in [-0.4, -0.2) is 42.1 Å². The van der Waals surface area contributed by atoms with E-state index in [9.17, 15) is 21.6 Å². The Balaban J connectivity index is 1.77. The van der Waals surface area contributed by atoms with Crippen molar-refractivity contribution in [1.82, 2.24) is 4.72 Å². The smallest absolute Gasteiger partial charge is 0.265 e. The number of furan rings is 1. The minimum atomic E-state index is -4.64. The maximum Gasteiger partial charge on any atom is 0.265 e. The summed E-state index contributed by atoms with van der Waals surface area (Å²) in [5.41, 5.74) is 0.272. The van der Waals surface area contributed by atoms with Crippen LogP contribution in [0.4, 0.5) is 0 Å². The van der Waals surface area contributed by atoms with Crippen molar-refractivity contribution in [1.29, 1.82) is 0 Å². The van der Waals surface area contributed by atoms with Crippen LogP contribution in [0.25, 0.3) is 22.3 Å². The molecule has 1 amide bonds. The first-order chi connectivity index (χ1) is 18.3. The fraction of sp³-hybridized carbons (Fsp3) is 0.222. The van der Waals surface area contributed by atoms with Gasteiger partial charge in [-0.25, -0.2) is 26.7 Å². The summed E-state index contributed by atoms with van der Waals surface area (Å²) in [7, 11) is -7.44. The summed E-state index contributed by atoms with van der Waals surface area (Å²) in [5.74, 6) is -0.446. The summed E-state index contributed by atoms with van der Waals surface area (Å²) in [5, 5.41) is 5.96. The Kier molecular flexibility index (Phi) is 7.84. The summed E-state index contributed by atoms with van der Waals surface area (Å²) in [6, 6.07) is 18.3. The number of methoxy groups -OCH3 is 1. The van der Waals surface area contributed by atoms with Crippen molar-refractivity contribution in [2.24, 2.45) is 5.14 Å². The number of hydrogen-bond acceptors (Lipinski definition) is 8. The number of rotatable bonds is 10. The summed E-state index contributed by atoms with van der Waals surface area (Å²) in [6.07, 6.45) is 0.526. The molecule has 12 heteroatoms. The maximum absolute atomic E-state index is 13.4. The molecule has 0 fully saturated rings. The second-order valence-electron chi connectivity index (χ2n) is 9.32. The Hall–Kier alpha value is -3.71. The highest BCUT2D eigenvalue weighted by Crippen LogP contribution is 2.37. The number of carbonyl (C=O) groups is 1. The van der Waals surface area contributed by atoms with Gasteiger partial charge >= 0.3 is 0 Å². The van der Waals surface area contributed by atoms with E-state index >= 15 is 0 Å². The molecule has 3 N–H and O–H groups in total. The highest BCUT2D eigenvalue weighted by molar-refractivity contribution is 7.92. The average molecular weight is 573 g/mol. The molecule has 0 radical (unpaired) electrons. The van der Waals surface area contributed by atoms with E-state index in [1.807, 2.05) is 30.7 Å². The Morgan fingerprint density at radius 3 is 2.28 bits per heavy atom. The maximum atomic E-state index is 13.4. The highest BCUT2D eigenvalue weighted by atomic mass is 32.2. The van der Waals surface area contributed by atoms with Crippen molar-refractivity contribution in [3.63, 3.8) is 0 Å². The van der Waals surface area contributed by atoms with Gasteiger partial charge in [0, 0.05) is 18.9 Å². The van der Waals surface area contributed by atoms with Crippen LogP contribution in [0.15, 0.2) is 87.0 Å². The first kappa shape index (κ1) is 28.3. The normalized spacial score (nSPS) is 12.4. The number of hydrogen-bond donors (Lipinski definition) is 2. The van der Waals surface area contributed by atoms with Crippen LogP contribution in [-0.2, 0) is 24.8 Å². The first-order valence-electron chi connectivity index (χ1n) is 11.8. The zero-order valence-corrected chi connectivity index (χ0v) is 23.1. The van der Waals surface area contributed by atoms with Gasteiger partial charge in [-0.2, -0.15) is 0 Å². The molecule has 1 heterocycles. The summed E-state index contributed by atoms with van der Waals surface area (Å²) in [6.45, 7) is 4.05. The van der Waals surface area contributed by atoms with Crippen LogP contribution in [0.2, 0.25) is 0 Å². The van der Waals surface area contributed by atoms with Gasteiger partial charge in [0.15, 0.2) is 0 Å². The standard InChI is InChI=1S/C27H28N2O8S2/c1-27(2,35-3)15-16-36-21-12-8-10-19(25(21)22-17-18-9-4-5-11-20(18)37-22)26(30)29-39(33,34)24-14-7-6-13-23(24)38(28,31)32/h4-14,17H,15-16H2,1-3H3,(H,29,30)(H2,28,31,32). The molecule has 0 aliphatic carbocycles. The third kappa shape index (κ3) is 6.31.